The molecule has 0 saturated carbocycles. The molecule has 6 heteroatoms. The highest BCUT2D eigenvalue weighted by Gasteiger charge is 2.36. The summed E-state index contributed by atoms with van der Waals surface area (Å²) in [6.07, 6.45) is -1.57. The number of nitrogens with zero attached hydrogens (tertiary/aromatic N) is 2. The average molecular weight is 337 g/mol. The Labute approximate surface area is 139 Å². The van der Waals surface area contributed by atoms with E-state index in [4.69, 9.17) is 0 Å². The molecule has 130 valence electrons. The molecule has 0 fully saturated rings. The van der Waals surface area contributed by atoms with Gasteiger partial charge in [0.2, 0.25) is 0 Å². The van der Waals surface area contributed by atoms with Crippen molar-refractivity contribution in [3.63, 3.8) is 0 Å². The number of anilines is 1. The van der Waals surface area contributed by atoms with Crippen molar-refractivity contribution in [2.75, 3.05) is 11.9 Å². The number of hydrogen-bond donors (Lipinski definition) is 1. The predicted octanol–water partition coefficient (Wildman–Crippen LogP) is 4.94. The molecule has 0 unspecified atom stereocenters. The van der Waals surface area contributed by atoms with Crippen LogP contribution in [0.2, 0.25) is 0 Å². The van der Waals surface area contributed by atoms with Gasteiger partial charge in [0.15, 0.2) is 0 Å². The maximum absolute atomic E-state index is 13.4. The van der Waals surface area contributed by atoms with Crippen LogP contribution in [0.15, 0.2) is 24.3 Å². The Hall–Kier alpha value is -1.98. The molecule has 1 N–H and O–H groups in total. The normalized spacial score (nSPS) is 15.6. The lowest BCUT2D eigenvalue weighted by molar-refractivity contribution is -0.137. The van der Waals surface area contributed by atoms with Crippen LogP contribution in [0.3, 0.4) is 0 Å². The lowest BCUT2D eigenvalue weighted by Crippen LogP contribution is -2.16. The molecule has 1 aromatic carbocycles. The number of para-hydroxylation sites is 1. The van der Waals surface area contributed by atoms with Gasteiger partial charge >= 0.3 is 6.18 Å². The molecule has 3 rings (SSSR count). The van der Waals surface area contributed by atoms with Crippen LogP contribution in [0.5, 0.6) is 0 Å². The summed E-state index contributed by atoms with van der Waals surface area (Å²) in [6, 6.07) is 5.62. The first-order valence-electron chi connectivity index (χ1n) is 8.22. The van der Waals surface area contributed by atoms with Crippen LogP contribution in [0.1, 0.15) is 50.4 Å². The molecular weight excluding hydrogens is 315 g/mol. The number of halogens is 3. The lowest BCUT2D eigenvalue weighted by atomic mass is 9.88. The Balaban J connectivity index is 2.25. The van der Waals surface area contributed by atoms with Gasteiger partial charge in [-0.2, -0.15) is 18.3 Å². The van der Waals surface area contributed by atoms with Crippen LogP contribution in [-0.4, -0.2) is 16.3 Å². The van der Waals surface area contributed by atoms with Crippen LogP contribution >= 0.6 is 0 Å². The van der Waals surface area contributed by atoms with Crippen molar-refractivity contribution >= 4 is 5.82 Å². The van der Waals surface area contributed by atoms with E-state index in [1.54, 1.807) is 6.07 Å². The zero-order valence-corrected chi connectivity index (χ0v) is 14.2. The van der Waals surface area contributed by atoms with Gasteiger partial charge in [-0.05, 0) is 31.4 Å². The van der Waals surface area contributed by atoms with Gasteiger partial charge in [-0.15, -0.1) is 0 Å². The van der Waals surface area contributed by atoms with E-state index in [1.807, 2.05) is 20.8 Å². The molecule has 0 aliphatic carbocycles. The van der Waals surface area contributed by atoms with Crippen molar-refractivity contribution in [2.45, 2.75) is 51.6 Å². The molecule has 0 radical (unpaired) electrons. The van der Waals surface area contributed by atoms with E-state index in [0.717, 1.165) is 43.1 Å². The second-order valence-electron chi connectivity index (χ2n) is 7.24. The number of hydrogen-bond acceptors (Lipinski definition) is 2. The van der Waals surface area contributed by atoms with Gasteiger partial charge in [0.25, 0.3) is 0 Å². The third-order valence-corrected chi connectivity index (χ3v) is 4.28. The number of rotatable bonds is 1. The molecule has 1 aliphatic heterocycles. The molecule has 1 aliphatic rings. The average Bonchev–Trinajstić information content (AvgIpc) is 2.69. The highest BCUT2D eigenvalue weighted by atomic mass is 19.4. The van der Waals surface area contributed by atoms with Crippen molar-refractivity contribution in [2.24, 2.45) is 0 Å². The van der Waals surface area contributed by atoms with Gasteiger partial charge in [-0.1, -0.05) is 32.9 Å². The predicted molar refractivity (Wildman–Crippen MR) is 88.7 cm³/mol. The summed E-state index contributed by atoms with van der Waals surface area (Å²) in [4.78, 5) is 0. The van der Waals surface area contributed by atoms with Crippen LogP contribution in [0.4, 0.5) is 19.0 Å². The Morgan fingerprint density at radius 1 is 1.08 bits per heavy atom. The summed E-state index contributed by atoms with van der Waals surface area (Å²) < 4.78 is 41.7. The Morgan fingerprint density at radius 3 is 2.46 bits per heavy atom. The fraction of sp³-hybridized carbons (Fsp3) is 0.500. The number of alkyl halides is 3. The van der Waals surface area contributed by atoms with Crippen LogP contribution < -0.4 is 5.32 Å². The summed E-state index contributed by atoms with van der Waals surface area (Å²) in [5, 5.41) is 7.90. The minimum absolute atomic E-state index is 0.0751. The summed E-state index contributed by atoms with van der Waals surface area (Å²) in [5.41, 5.74) is 1.09. The minimum atomic E-state index is -4.41. The third kappa shape index (κ3) is 3.01. The summed E-state index contributed by atoms with van der Waals surface area (Å²) >= 11 is 0. The van der Waals surface area contributed by atoms with E-state index < -0.39 is 11.7 Å². The fourth-order valence-electron chi connectivity index (χ4n) is 3.18. The maximum Gasteiger partial charge on any atom is 0.418 e. The first kappa shape index (κ1) is 16.9. The third-order valence-electron chi connectivity index (χ3n) is 4.28. The van der Waals surface area contributed by atoms with E-state index in [2.05, 4.69) is 10.4 Å². The van der Waals surface area contributed by atoms with Gasteiger partial charge in [-0.3, -0.25) is 0 Å². The topological polar surface area (TPSA) is 29.9 Å². The Morgan fingerprint density at radius 2 is 1.79 bits per heavy atom. The molecule has 0 atom stereocenters. The van der Waals surface area contributed by atoms with Crippen molar-refractivity contribution in [1.82, 2.24) is 9.78 Å². The van der Waals surface area contributed by atoms with E-state index in [9.17, 15) is 13.2 Å². The molecule has 24 heavy (non-hydrogen) atoms. The highest BCUT2D eigenvalue weighted by molar-refractivity contribution is 5.57. The van der Waals surface area contributed by atoms with Crippen LogP contribution in [0, 0.1) is 0 Å². The summed E-state index contributed by atoms with van der Waals surface area (Å²) in [5.74, 6) is 0.703. The molecule has 2 heterocycles. The van der Waals surface area contributed by atoms with Crippen LogP contribution in [-0.2, 0) is 18.0 Å². The van der Waals surface area contributed by atoms with Gasteiger partial charge in [0.05, 0.1) is 16.9 Å². The smallest absolute Gasteiger partial charge is 0.370 e. The van der Waals surface area contributed by atoms with Gasteiger partial charge in [0.1, 0.15) is 5.82 Å². The molecule has 0 spiro atoms. The Kier molecular flexibility index (Phi) is 4.10. The number of aromatic nitrogens is 2. The number of benzene rings is 1. The standard InChI is InChI=1S/C18H22F3N3/c1-17(2,3)15-12-8-6-7-11-22-16(12)24(23-15)14-10-5-4-9-13(14)18(19,20)21/h4-5,9-10,22H,6-8,11H2,1-3H3. The summed E-state index contributed by atoms with van der Waals surface area (Å²) in [7, 11) is 0. The van der Waals surface area contributed by atoms with E-state index in [1.165, 1.54) is 16.8 Å². The molecule has 0 saturated heterocycles. The van der Waals surface area contributed by atoms with E-state index in [-0.39, 0.29) is 11.1 Å². The van der Waals surface area contributed by atoms with Crippen molar-refractivity contribution < 1.29 is 13.2 Å². The number of fused-ring (bicyclic) bond motifs is 1. The highest BCUT2D eigenvalue weighted by Crippen LogP contribution is 2.38. The van der Waals surface area contributed by atoms with Gasteiger partial charge < -0.3 is 5.32 Å². The molecule has 1 aromatic heterocycles. The van der Waals surface area contributed by atoms with Crippen molar-refractivity contribution in [3.05, 3.63) is 41.1 Å². The quantitative estimate of drug-likeness (QED) is 0.799. The zero-order valence-electron chi connectivity index (χ0n) is 14.2. The Bertz CT molecular complexity index is 739. The van der Waals surface area contributed by atoms with Crippen molar-refractivity contribution in [3.8, 4) is 5.69 Å². The molecule has 0 bridgehead atoms. The van der Waals surface area contributed by atoms with Crippen molar-refractivity contribution in [1.29, 1.82) is 0 Å². The number of nitrogens with one attached hydrogen (secondary N) is 1. The van der Waals surface area contributed by atoms with E-state index in [0.29, 0.717) is 5.82 Å². The SMILES string of the molecule is CC(C)(C)c1nn(-c2ccccc2C(F)(F)F)c2c1CCCCN2. The first-order valence-corrected chi connectivity index (χ1v) is 8.22. The van der Waals surface area contributed by atoms with Gasteiger partial charge in [-0.25, -0.2) is 4.68 Å². The zero-order chi connectivity index (χ0) is 17.5. The van der Waals surface area contributed by atoms with Crippen LogP contribution in [0.25, 0.3) is 5.69 Å². The largest absolute Gasteiger partial charge is 0.418 e. The second-order valence-corrected chi connectivity index (χ2v) is 7.24. The maximum atomic E-state index is 13.4. The lowest BCUT2D eigenvalue weighted by Gasteiger charge is -2.17. The minimum Gasteiger partial charge on any atom is -0.370 e. The van der Waals surface area contributed by atoms with E-state index >= 15 is 0 Å². The molecule has 3 nitrogen and oxygen atoms in total. The molecule has 0 amide bonds. The first-order chi connectivity index (χ1) is 11.2. The summed E-state index contributed by atoms with van der Waals surface area (Å²) in [6.45, 7) is 6.87. The monoisotopic (exact) mass is 337 g/mol. The molecule has 2 aromatic rings. The second kappa shape index (κ2) is 5.83. The fourth-order valence-corrected chi connectivity index (χ4v) is 3.18. The molecular formula is C18H22F3N3. The van der Waals surface area contributed by atoms with Gasteiger partial charge in [0, 0.05) is 17.5 Å².